The van der Waals surface area contributed by atoms with Crippen LogP contribution < -0.4 is 10.1 Å². The molecule has 0 aliphatic rings. The molecule has 0 fully saturated rings. The fourth-order valence-corrected chi connectivity index (χ4v) is 2.00. The van der Waals surface area contributed by atoms with Crippen molar-refractivity contribution in [2.45, 2.75) is 25.7 Å². The Morgan fingerprint density at radius 2 is 1.94 bits per heavy atom. The zero-order valence-electron chi connectivity index (χ0n) is 10.1. The van der Waals surface area contributed by atoms with E-state index in [1.165, 1.54) is 25.0 Å². The first-order valence-corrected chi connectivity index (χ1v) is 6.75. The molecule has 1 N–H and O–H groups in total. The molecule has 0 aliphatic carbocycles. The van der Waals surface area contributed by atoms with Crippen LogP contribution in [-0.2, 0) is 0 Å². The van der Waals surface area contributed by atoms with Crippen LogP contribution in [0.4, 0.5) is 4.39 Å². The number of hydrogen-bond acceptors (Lipinski definition) is 2. The summed E-state index contributed by atoms with van der Waals surface area (Å²) in [5, 5.41) is 3.12. The SMILES string of the molecule is CNCCCCCCOc1cc(F)cc(Br)c1. The molecule has 1 aromatic carbocycles. The molecule has 0 aromatic heterocycles. The fraction of sp³-hybridized carbons (Fsp3) is 0.538. The molecule has 4 heteroatoms. The smallest absolute Gasteiger partial charge is 0.128 e. The first kappa shape index (κ1) is 14.5. The van der Waals surface area contributed by atoms with Crippen LogP contribution in [0.1, 0.15) is 25.7 Å². The van der Waals surface area contributed by atoms with E-state index < -0.39 is 0 Å². The van der Waals surface area contributed by atoms with Gasteiger partial charge in [0.1, 0.15) is 11.6 Å². The highest BCUT2D eigenvalue weighted by atomic mass is 79.9. The molecular formula is C13H19BrFNO. The highest BCUT2D eigenvalue weighted by Gasteiger charge is 1.99. The molecule has 1 rings (SSSR count). The average molecular weight is 304 g/mol. The number of rotatable bonds is 8. The average Bonchev–Trinajstić information content (AvgIpc) is 2.26. The lowest BCUT2D eigenvalue weighted by molar-refractivity contribution is 0.303. The van der Waals surface area contributed by atoms with E-state index in [0.717, 1.165) is 19.4 Å². The lowest BCUT2D eigenvalue weighted by atomic mass is 10.2. The van der Waals surface area contributed by atoms with Gasteiger partial charge in [0, 0.05) is 10.5 Å². The van der Waals surface area contributed by atoms with Gasteiger partial charge >= 0.3 is 0 Å². The van der Waals surface area contributed by atoms with Gasteiger partial charge in [0.05, 0.1) is 6.61 Å². The summed E-state index contributed by atoms with van der Waals surface area (Å²) in [7, 11) is 1.96. The number of ether oxygens (including phenoxy) is 1. The molecule has 0 aliphatic heterocycles. The van der Waals surface area contributed by atoms with Gasteiger partial charge in [-0.25, -0.2) is 4.39 Å². The standard InChI is InChI=1S/C13H19BrFNO/c1-16-6-4-2-3-5-7-17-13-9-11(14)8-12(15)10-13/h8-10,16H,2-7H2,1H3. The van der Waals surface area contributed by atoms with E-state index in [0.29, 0.717) is 16.8 Å². The number of hydrogen-bond donors (Lipinski definition) is 1. The molecular weight excluding hydrogens is 285 g/mol. The van der Waals surface area contributed by atoms with Crippen LogP contribution in [0.2, 0.25) is 0 Å². The molecule has 0 amide bonds. The summed E-state index contributed by atoms with van der Waals surface area (Å²) in [5.74, 6) is 0.315. The number of unbranched alkanes of at least 4 members (excludes halogenated alkanes) is 3. The molecule has 1 aromatic rings. The molecule has 96 valence electrons. The quantitative estimate of drug-likeness (QED) is 0.739. The minimum atomic E-state index is -0.275. The largest absolute Gasteiger partial charge is 0.493 e. The molecule has 0 atom stereocenters. The first-order valence-electron chi connectivity index (χ1n) is 5.96. The van der Waals surface area contributed by atoms with E-state index >= 15 is 0 Å². The van der Waals surface area contributed by atoms with E-state index in [1.54, 1.807) is 6.07 Å². The Balaban J connectivity index is 2.13. The van der Waals surface area contributed by atoms with Gasteiger partial charge in [0.2, 0.25) is 0 Å². The van der Waals surface area contributed by atoms with Crippen LogP contribution in [0.25, 0.3) is 0 Å². The Bertz CT molecular complexity index is 313. The van der Waals surface area contributed by atoms with Gasteiger partial charge in [0.15, 0.2) is 0 Å². The Labute approximate surface area is 111 Å². The third kappa shape index (κ3) is 6.64. The van der Waals surface area contributed by atoms with Gasteiger partial charge in [0.25, 0.3) is 0 Å². The number of benzene rings is 1. The van der Waals surface area contributed by atoms with Crippen LogP contribution in [0.15, 0.2) is 22.7 Å². The van der Waals surface area contributed by atoms with Crippen LogP contribution in [0.3, 0.4) is 0 Å². The van der Waals surface area contributed by atoms with Crippen LogP contribution in [0.5, 0.6) is 5.75 Å². The van der Waals surface area contributed by atoms with E-state index in [9.17, 15) is 4.39 Å². The zero-order valence-corrected chi connectivity index (χ0v) is 11.7. The Morgan fingerprint density at radius 1 is 1.18 bits per heavy atom. The van der Waals surface area contributed by atoms with Crippen molar-refractivity contribution < 1.29 is 9.13 Å². The van der Waals surface area contributed by atoms with Gasteiger partial charge in [-0.3, -0.25) is 0 Å². The normalized spacial score (nSPS) is 10.5. The van der Waals surface area contributed by atoms with Crippen molar-refractivity contribution >= 4 is 15.9 Å². The van der Waals surface area contributed by atoms with Crippen molar-refractivity contribution in [2.75, 3.05) is 20.2 Å². The van der Waals surface area contributed by atoms with Crippen molar-refractivity contribution in [1.29, 1.82) is 0 Å². The highest BCUT2D eigenvalue weighted by Crippen LogP contribution is 2.20. The molecule has 2 nitrogen and oxygen atoms in total. The maximum atomic E-state index is 13.0. The Kier molecular flexibility index (Phi) is 7.21. The maximum absolute atomic E-state index is 13.0. The molecule has 0 radical (unpaired) electrons. The monoisotopic (exact) mass is 303 g/mol. The third-order valence-corrected chi connectivity index (χ3v) is 2.88. The van der Waals surface area contributed by atoms with Gasteiger partial charge in [-0.05, 0) is 38.6 Å². The van der Waals surface area contributed by atoms with Crippen molar-refractivity contribution in [3.05, 3.63) is 28.5 Å². The summed E-state index contributed by atoms with van der Waals surface area (Å²) in [6.07, 6.45) is 4.56. The third-order valence-electron chi connectivity index (χ3n) is 2.43. The molecule has 0 saturated carbocycles. The predicted molar refractivity (Wildman–Crippen MR) is 72.0 cm³/mol. The topological polar surface area (TPSA) is 21.3 Å². The Hall–Kier alpha value is -0.610. The zero-order chi connectivity index (χ0) is 12.5. The van der Waals surface area contributed by atoms with E-state index in [1.807, 2.05) is 7.05 Å². The molecule has 0 spiro atoms. The minimum Gasteiger partial charge on any atom is -0.493 e. The number of halogens is 2. The molecule has 0 saturated heterocycles. The van der Waals surface area contributed by atoms with Crippen molar-refractivity contribution in [3.8, 4) is 5.75 Å². The molecule has 0 bridgehead atoms. The Morgan fingerprint density at radius 3 is 2.65 bits per heavy atom. The second-order valence-corrected chi connectivity index (χ2v) is 4.89. The van der Waals surface area contributed by atoms with Gasteiger partial charge in [-0.2, -0.15) is 0 Å². The summed E-state index contributed by atoms with van der Waals surface area (Å²) in [5.41, 5.74) is 0. The van der Waals surface area contributed by atoms with E-state index in [4.69, 9.17) is 4.74 Å². The van der Waals surface area contributed by atoms with Crippen LogP contribution >= 0.6 is 15.9 Å². The number of nitrogens with one attached hydrogen (secondary N) is 1. The summed E-state index contributed by atoms with van der Waals surface area (Å²) in [6, 6.07) is 4.61. The van der Waals surface area contributed by atoms with E-state index in [-0.39, 0.29) is 5.82 Å². The minimum absolute atomic E-state index is 0.275. The van der Waals surface area contributed by atoms with Gasteiger partial charge < -0.3 is 10.1 Å². The predicted octanol–water partition coefficient (Wildman–Crippen LogP) is 3.75. The lowest BCUT2D eigenvalue weighted by Crippen LogP contribution is -2.07. The summed E-state index contributed by atoms with van der Waals surface area (Å²) in [4.78, 5) is 0. The van der Waals surface area contributed by atoms with Crippen molar-refractivity contribution in [2.24, 2.45) is 0 Å². The second-order valence-electron chi connectivity index (χ2n) is 3.97. The summed E-state index contributed by atoms with van der Waals surface area (Å²) in [6.45, 7) is 1.72. The molecule has 0 unspecified atom stereocenters. The highest BCUT2D eigenvalue weighted by molar-refractivity contribution is 9.10. The van der Waals surface area contributed by atoms with Gasteiger partial charge in [-0.1, -0.05) is 28.8 Å². The lowest BCUT2D eigenvalue weighted by Gasteiger charge is -2.06. The maximum Gasteiger partial charge on any atom is 0.128 e. The van der Waals surface area contributed by atoms with Crippen molar-refractivity contribution in [3.63, 3.8) is 0 Å². The summed E-state index contributed by atoms with van der Waals surface area (Å²) >= 11 is 3.24. The first-order chi connectivity index (χ1) is 8.22. The summed E-state index contributed by atoms with van der Waals surface area (Å²) < 4.78 is 19.2. The second kappa shape index (κ2) is 8.48. The molecule has 0 heterocycles. The molecule has 17 heavy (non-hydrogen) atoms. The van der Waals surface area contributed by atoms with Gasteiger partial charge in [-0.15, -0.1) is 0 Å². The van der Waals surface area contributed by atoms with Crippen LogP contribution in [-0.4, -0.2) is 20.2 Å². The van der Waals surface area contributed by atoms with E-state index in [2.05, 4.69) is 21.2 Å². The fourth-order valence-electron chi connectivity index (χ4n) is 1.56. The van der Waals surface area contributed by atoms with Crippen LogP contribution in [0, 0.1) is 5.82 Å². The van der Waals surface area contributed by atoms with Crippen molar-refractivity contribution in [1.82, 2.24) is 5.32 Å².